The van der Waals surface area contributed by atoms with Crippen LogP contribution in [0.2, 0.25) is 0 Å². The van der Waals surface area contributed by atoms with E-state index in [4.69, 9.17) is 9.47 Å². The van der Waals surface area contributed by atoms with E-state index in [9.17, 15) is 14.9 Å². The van der Waals surface area contributed by atoms with Crippen LogP contribution >= 0.6 is 11.3 Å². The van der Waals surface area contributed by atoms with Gasteiger partial charge in [0.25, 0.3) is 5.91 Å². The van der Waals surface area contributed by atoms with E-state index in [1.807, 2.05) is 36.4 Å². The Bertz CT molecular complexity index is 1130. The largest absolute Gasteiger partial charge is 0.497 e. The molecule has 3 rings (SSSR count). The molecule has 0 spiro atoms. The van der Waals surface area contributed by atoms with Gasteiger partial charge < -0.3 is 14.8 Å². The summed E-state index contributed by atoms with van der Waals surface area (Å²) < 4.78 is 10.0. The molecule has 0 radical (unpaired) electrons. The van der Waals surface area contributed by atoms with Crippen molar-refractivity contribution in [1.29, 1.82) is 5.26 Å². The maximum Gasteiger partial charge on any atom is 0.341 e. The normalized spacial score (nSPS) is 10.8. The zero-order valence-electron chi connectivity index (χ0n) is 16.3. The number of carbonyl (C=O) groups excluding carboxylic acids is 2. The van der Waals surface area contributed by atoms with Crippen molar-refractivity contribution in [3.63, 3.8) is 0 Å². The average Bonchev–Trinajstić information content (AvgIpc) is 3.21. The first-order valence-corrected chi connectivity index (χ1v) is 9.77. The zero-order valence-corrected chi connectivity index (χ0v) is 17.2. The lowest BCUT2D eigenvalue weighted by atomic mass is 10.0. The first kappa shape index (κ1) is 20.8. The molecule has 0 aliphatic heterocycles. The Morgan fingerprint density at radius 2 is 1.77 bits per heavy atom. The van der Waals surface area contributed by atoms with Crippen molar-refractivity contribution in [2.45, 2.75) is 0 Å². The van der Waals surface area contributed by atoms with E-state index in [2.05, 4.69) is 5.32 Å². The first-order chi connectivity index (χ1) is 14.6. The molecule has 1 aromatic heterocycles. The average molecular weight is 418 g/mol. The highest BCUT2D eigenvalue weighted by molar-refractivity contribution is 7.15. The topological polar surface area (TPSA) is 88.4 Å². The first-order valence-electron chi connectivity index (χ1n) is 8.89. The number of thiophene rings is 1. The minimum Gasteiger partial charge on any atom is -0.497 e. The van der Waals surface area contributed by atoms with Crippen LogP contribution in [0.5, 0.6) is 5.75 Å². The van der Waals surface area contributed by atoms with Gasteiger partial charge in [-0.05, 0) is 29.3 Å². The van der Waals surface area contributed by atoms with Gasteiger partial charge in [0.05, 0.1) is 14.2 Å². The second-order valence-electron chi connectivity index (χ2n) is 6.11. The van der Waals surface area contributed by atoms with E-state index in [-0.39, 0.29) is 11.1 Å². The van der Waals surface area contributed by atoms with Crippen LogP contribution in [0.1, 0.15) is 15.9 Å². The van der Waals surface area contributed by atoms with Gasteiger partial charge >= 0.3 is 5.97 Å². The quantitative estimate of drug-likeness (QED) is 0.354. The number of nitrogens with one attached hydrogen (secondary N) is 1. The van der Waals surface area contributed by atoms with E-state index >= 15 is 0 Å². The van der Waals surface area contributed by atoms with Gasteiger partial charge in [0, 0.05) is 10.9 Å². The van der Waals surface area contributed by atoms with Gasteiger partial charge in [0.2, 0.25) is 0 Å². The van der Waals surface area contributed by atoms with Crippen LogP contribution in [-0.2, 0) is 9.53 Å². The number of amides is 1. The molecule has 6 nitrogen and oxygen atoms in total. The second-order valence-corrected chi connectivity index (χ2v) is 6.99. The summed E-state index contributed by atoms with van der Waals surface area (Å²) in [5.74, 6) is -0.507. The summed E-state index contributed by atoms with van der Waals surface area (Å²) in [6.07, 6.45) is 1.47. The van der Waals surface area contributed by atoms with Gasteiger partial charge in [-0.15, -0.1) is 11.3 Å². The number of rotatable bonds is 6. The Kier molecular flexibility index (Phi) is 6.63. The number of esters is 1. The molecule has 1 heterocycles. The molecule has 150 valence electrons. The zero-order chi connectivity index (χ0) is 21.5. The molecule has 0 saturated carbocycles. The summed E-state index contributed by atoms with van der Waals surface area (Å²) >= 11 is 1.20. The number of methoxy groups -OCH3 is 2. The Balaban J connectivity index is 1.91. The minimum absolute atomic E-state index is 0.0920. The van der Waals surface area contributed by atoms with Crippen molar-refractivity contribution < 1.29 is 19.1 Å². The summed E-state index contributed by atoms with van der Waals surface area (Å²) in [6, 6.07) is 18.2. The molecule has 0 bridgehead atoms. The van der Waals surface area contributed by atoms with E-state index < -0.39 is 11.9 Å². The highest BCUT2D eigenvalue weighted by atomic mass is 32.1. The maximum atomic E-state index is 12.7. The molecule has 2 aromatic carbocycles. The molecule has 0 aliphatic carbocycles. The van der Waals surface area contributed by atoms with Crippen LogP contribution in [0, 0.1) is 11.3 Å². The van der Waals surface area contributed by atoms with Gasteiger partial charge in [-0.3, -0.25) is 4.79 Å². The Labute approximate surface area is 178 Å². The number of hydrogen-bond acceptors (Lipinski definition) is 6. The lowest BCUT2D eigenvalue weighted by molar-refractivity contribution is -0.112. The molecule has 30 heavy (non-hydrogen) atoms. The van der Waals surface area contributed by atoms with E-state index in [0.29, 0.717) is 21.9 Å². The van der Waals surface area contributed by atoms with Crippen molar-refractivity contribution in [2.24, 2.45) is 0 Å². The monoisotopic (exact) mass is 418 g/mol. The van der Waals surface area contributed by atoms with Gasteiger partial charge in [-0.25, -0.2) is 4.79 Å². The highest BCUT2D eigenvalue weighted by Crippen LogP contribution is 2.36. The molecule has 0 saturated heterocycles. The molecule has 0 atom stereocenters. The lowest BCUT2D eigenvalue weighted by Gasteiger charge is -2.07. The second kappa shape index (κ2) is 9.54. The Morgan fingerprint density at radius 1 is 1.07 bits per heavy atom. The third-order valence-electron chi connectivity index (χ3n) is 4.28. The Hall–Kier alpha value is -3.89. The number of nitriles is 1. The number of anilines is 1. The molecule has 0 unspecified atom stereocenters. The van der Waals surface area contributed by atoms with E-state index in [1.54, 1.807) is 36.8 Å². The van der Waals surface area contributed by atoms with Gasteiger partial charge in [-0.2, -0.15) is 5.26 Å². The van der Waals surface area contributed by atoms with E-state index in [0.717, 1.165) is 5.56 Å². The highest BCUT2D eigenvalue weighted by Gasteiger charge is 2.23. The Morgan fingerprint density at radius 3 is 2.37 bits per heavy atom. The van der Waals surface area contributed by atoms with Crippen molar-refractivity contribution in [3.05, 3.63) is 76.7 Å². The fourth-order valence-corrected chi connectivity index (χ4v) is 3.72. The van der Waals surface area contributed by atoms with Gasteiger partial charge in [-0.1, -0.05) is 42.5 Å². The number of ether oxygens (including phenoxy) is 2. The molecule has 0 fully saturated rings. The summed E-state index contributed by atoms with van der Waals surface area (Å²) in [5.41, 5.74) is 2.31. The van der Waals surface area contributed by atoms with Crippen LogP contribution in [0.25, 0.3) is 17.2 Å². The summed E-state index contributed by atoms with van der Waals surface area (Å²) in [7, 11) is 2.84. The maximum absolute atomic E-state index is 12.7. The van der Waals surface area contributed by atoms with Crippen LogP contribution < -0.4 is 10.1 Å². The fraction of sp³-hybridized carbons (Fsp3) is 0.0870. The van der Waals surface area contributed by atoms with Crippen molar-refractivity contribution in [2.75, 3.05) is 19.5 Å². The lowest BCUT2D eigenvalue weighted by Crippen LogP contribution is -2.15. The third-order valence-corrected chi connectivity index (χ3v) is 5.18. The number of carbonyl (C=O) groups is 2. The number of hydrogen-bond donors (Lipinski definition) is 1. The molecule has 1 amide bonds. The van der Waals surface area contributed by atoms with Crippen molar-refractivity contribution >= 4 is 34.3 Å². The summed E-state index contributed by atoms with van der Waals surface area (Å²) in [5, 5.41) is 14.2. The van der Waals surface area contributed by atoms with Gasteiger partial charge in [0.1, 0.15) is 28.0 Å². The fourth-order valence-electron chi connectivity index (χ4n) is 2.77. The molecular formula is C23H18N2O4S. The summed E-state index contributed by atoms with van der Waals surface area (Å²) in [6.45, 7) is 0. The van der Waals surface area contributed by atoms with Crippen LogP contribution in [0.3, 0.4) is 0 Å². The standard InChI is InChI=1S/C23H18N2O4S/c1-28-18-10-8-15(9-11-18)12-17(13-24)21(26)25-22-20(23(27)29-2)19(14-30-22)16-6-4-3-5-7-16/h3-12,14H,1-2H3,(H,25,26). The van der Waals surface area contributed by atoms with Crippen LogP contribution in [0.15, 0.2) is 65.6 Å². The van der Waals surface area contributed by atoms with Crippen LogP contribution in [-0.4, -0.2) is 26.1 Å². The minimum atomic E-state index is -0.611. The smallest absolute Gasteiger partial charge is 0.341 e. The molecule has 0 aliphatic rings. The summed E-state index contributed by atoms with van der Waals surface area (Å²) in [4.78, 5) is 25.1. The van der Waals surface area contributed by atoms with E-state index in [1.165, 1.54) is 24.5 Å². The molecule has 1 N–H and O–H groups in total. The van der Waals surface area contributed by atoms with Crippen molar-refractivity contribution in [1.82, 2.24) is 0 Å². The molecule has 3 aromatic rings. The molecule has 7 heteroatoms. The number of benzene rings is 2. The number of nitrogens with zero attached hydrogens (tertiary/aromatic N) is 1. The molecular weight excluding hydrogens is 400 g/mol. The van der Waals surface area contributed by atoms with Crippen molar-refractivity contribution in [3.8, 4) is 22.9 Å². The third kappa shape index (κ3) is 4.57. The predicted molar refractivity (Wildman–Crippen MR) is 116 cm³/mol. The van der Waals surface area contributed by atoms with Gasteiger partial charge in [0.15, 0.2) is 0 Å². The SMILES string of the molecule is COC(=O)c1c(-c2ccccc2)csc1NC(=O)C(C#N)=Cc1ccc(OC)cc1. The predicted octanol–water partition coefficient (Wildman–Crippen LogP) is 4.76. The van der Waals surface area contributed by atoms with Crippen LogP contribution in [0.4, 0.5) is 5.00 Å².